The molecule has 0 aromatic heterocycles. The van der Waals surface area contributed by atoms with Crippen LogP contribution in [0, 0.1) is 5.92 Å². The van der Waals surface area contributed by atoms with Crippen LogP contribution in [0.25, 0.3) is 5.57 Å². The Morgan fingerprint density at radius 3 is 2.62 bits per heavy atom. The van der Waals surface area contributed by atoms with E-state index in [1.54, 1.807) is 0 Å². The second-order valence-corrected chi connectivity index (χ2v) is 4.74. The van der Waals surface area contributed by atoms with Crippen molar-refractivity contribution in [2.75, 3.05) is 19.6 Å². The summed E-state index contributed by atoms with van der Waals surface area (Å²) in [5.74, 6) is 0.616. The van der Waals surface area contributed by atoms with Crippen molar-refractivity contribution >= 4 is 5.57 Å². The van der Waals surface area contributed by atoms with Gasteiger partial charge < -0.3 is 0 Å². The minimum Gasteiger partial charge on any atom is -0.295 e. The fourth-order valence-electron chi connectivity index (χ4n) is 2.70. The molecule has 1 aromatic rings. The number of fused-ring (bicyclic) bond motifs is 2. The molecule has 16 heavy (non-hydrogen) atoms. The Morgan fingerprint density at radius 1 is 1.06 bits per heavy atom. The first-order valence-corrected chi connectivity index (χ1v) is 5.99. The first-order valence-electron chi connectivity index (χ1n) is 5.99. The molecule has 1 heteroatoms. The zero-order chi connectivity index (χ0) is 11.0. The van der Waals surface area contributed by atoms with Gasteiger partial charge in [0.2, 0.25) is 0 Å². The van der Waals surface area contributed by atoms with Gasteiger partial charge in [0.25, 0.3) is 0 Å². The largest absolute Gasteiger partial charge is 0.295 e. The van der Waals surface area contributed by atoms with E-state index in [-0.39, 0.29) is 0 Å². The normalized spacial score (nSPS) is 28.3. The van der Waals surface area contributed by atoms with Crippen LogP contribution in [-0.4, -0.2) is 24.5 Å². The predicted octanol–water partition coefficient (Wildman–Crippen LogP) is 2.96. The van der Waals surface area contributed by atoms with Gasteiger partial charge >= 0.3 is 0 Å². The van der Waals surface area contributed by atoms with Gasteiger partial charge in [-0.3, -0.25) is 4.90 Å². The number of nitrogens with zero attached hydrogens (tertiary/aromatic N) is 1. The highest BCUT2D eigenvalue weighted by Crippen LogP contribution is 2.34. The maximum absolute atomic E-state index is 2.50. The van der Waals surface area contributed by atoms with Gasteiger partial charge in [-0.1, -0.05) is 48.1 Å². The van der Waals surface area contributed by atoms with Crippen LogP contribution in [0.15, 0.2) is 48.1 Å². The lowest BCUT2D eigenvalue weighted by molar-refractivity contribution is 0.289. The van der Waals surface area contributed by atoms with E-state index in [0.29, 0.717) is 5.92 Å². The van der Waals surface area contributed by atoms with Crippen molar-refractivity contribution in [2.24, 2.45) is 5.92 Å². The van der Waals surface area contributed by atoms with Gasteiger partial charge in [0.15, 0.2) is 0 Å². The third-order valence-corrected chi connectivity index (χ3v) is 3.71. The minimum atomic E-state index is 0.616. The monoisotopic (exact) mass is 211 g/mol. The summed E-state index contributed by atoms with van der Waals surface area (Å²) >= 11 is 0. The Balaban J connectivity index is 2.00. The molecule has 2 aliphatic rings. The highest BCUT2D eigenvalue weighted by Gasteiger charge is 2.27. The molecule has 2 heterocycles. The van der Waals surface area contributed by atoms with Gasteiger partial charge in [0, 0.05) is 25.6 Å². The lowest BCUT2D eigenvalue weighted by Crippen LogP contribution is -2.38. The molecule has 0 spiro atoms. The van der Waals surface area contributed by atoms with E-state index in [1.165, 1.54) is 23.3 Å². The summed E-state index contributed by atoms with van der Waals surface area (Å²) in [6, 6.07) is 10.8. The van der Waals surface area contributed by atoms with E-state index in [1.807, 2.05) is 0 Å². The van der Waals surface area contributed by atoms with Gasteiger partial charge in [-0.2, -0.15) is 0 Å². The standard InChI is InChI=1S/C15H17N/c1-12-7-9-16-10-8-14(15(12)11-16)13-5-3-2-4-6-13/h2-8,15H,9-11H2,1H3. The highest BCUT2D eigenvalue weighted by atomic mass is 15.1. The molecule has 0 saturated carbocycles. The first-order chi connectivity index (χ1) is 7.84. The minimum absolute atomic E-state index is 0.616. The molecule has 2 unspecified atom stereocenters. The van der Waals surface area contributed by atoms with Crippen molar-refractivity contribution in [1.82, 2.24) is 4.90 Å². The Hall–Kier alpha value is -1.34. The number of hydrogen-bond acceptors (Lipinski definition) is 1. The maximum Gasteiger partial charge on any atom is 0.0177 e. The number of benzene rings is 1. The topological polar surface area (TPSA) is 3.24 Å². The molecule has 2 aliphatic heterocycles. The summed E-state index contributed by atoms with van der Waals surface area (Å²) in [7, 11) is 0. The summed E-state index contributed by atoms with van der Waals surface area (Å²) < 4.78 is 0. The third kappa shape index (κ3) is 1.61. The average molecular weight is 211 g/mol. The van der Waals surface area contributed by atoms with Crippen LogP contribution >= 0.6 is 0 Å². The smallest absolute Gasteiger partial charge is 0.0177 e. The van der Waals surface area contributed by atoms with Crippen molar-refractivity contribution in [1.29, 1.82) is 0 Å². The predicted molar refractivity (Wildman–Crippen MR) is 68.1 cm³/mol. The van der Waals surface area contributed by atoms with Gasteiger partial charge in [0.05, 0.1) is 0 Å². The van der Waals surface area contributed by atoms with Crippen molar-refractivity contribution in [3.05, 3.63) is 53.6 Å². The van der Waals surface area contributed by atoms with Crippen LogP contribution in [0.5, 0.6) is 0 Å². The molecule has 1 nitrogen and oxygen atoms in total. The zero-order valence-electron chi connectivity index (χ0n) is 9.69. The quantitative estimate of drug-likeness (QED) is 0.645. The molecule has 0 fully saturated rings. The summed E-state index contributed by atoms with van der Waals surface area (Å²) in [6.07, 6.45) is 4.78. The van der Waals surface area contributed by atoms with E-state index in [9.17, 15) is 0 Å². The fraction of sp³-hybridized carbons (Fsp3) is 0.333. The van der Waals surface area contributed by atoms with Crippen molar-refractivity contribution in [3.8, 4) is 0 Å². The van der Waals surface area contributed by atoms with Crippen LogP contribution in [0.3, 0.4) is 0 Å². The number of hydrogen-bond donors (Lipinski definition) is 0. The van der Waals surface area contributed by atoms with Gasteiger partial charge in [0.1, 0.15) is 0 Å². The molecular weight excluding hydrogens is 194 g/mol. The van der Waals surface area contributed by atoms with Crippen LogP contribution in [0.2, 0.25) is 0 Å². The molecule has 0 N–H and O–H groups in total. The van der Waals surface area contributed by atoms with E-state index in [0.717, 1.165) is 13.1 Å². The van der Waals surface area contributed by atoms with E-state index in [4.69, 9.17) is 0 Å². The molecule has 2 atom stereocenters. The van der Waals surface area contributed by atoms with Crippen LogP contribution < -0.4 is 0 Å². The van der Waals surface area contributed by atoms with E-state index >= 15 is 0 Å². The second-order valence-electron chi connectivity index (χ2n) is 4.74. The summed E-state index contributed by atoms with van der Waals surface area (Å²) in [6.45, 7) is 5.69. The van der Waals surface area contributed by atoms with Crippen molar-refractivity contribution < 1.29 is 0 Å². The SMILES string of the molecule is CC1=CCN2CC=C(c3ccccc3)C1C2. The maximum atomic E-state index is 2.50. The van der Waals surface area contributed by atoms with Crippen molar-refractivity contribution in [3.63, 3.8) is 0 Å². The van der Waals surface area contributed by atoms with Crippen LogP contribution in [0.4, 0.5) is 0 Å². The molecule has 3 rings (SSSR count). The van der Waals surface area contributed by atoms with Crippen LogP contribution in [-0.2, 0) is 0 Å². The average Bonchev–Trinajstić information content (AvgIpc) is 2.36. The molecule has 0 aliphatic carbocycles. The van der Waals surface area contributed by atoms with Gasteiger partial charge in [-0.05, 0) is 18.1 Å². The van der Waals surface area contributed by atoms with E-state index in [2.05, 4.69) is 54.3 Å². The summed E-state index contributed by atoms with van der Waals surface area (Å²) in [4.78, 5) is 2.50. The molecule has 0 saturated heterocycles. The Labute approximate surface area is 97.1 Å². The molecule has 0 amide bonds. The fourth-order valence-corrected chi connectivity index (χ4v) is 2.70. The van der Waals surface area contributed by atoms with E-state index < -0.39 is 0 Å². The van der Waals surface area contributed by atoms with Crippen molar-refractivity contribution in [2.45, 2.75) is 6.92 Å². The lowest BCUT2D eigenvalue weighted by Gasteiger charge is -2.37. The Bertz CT molecular complexity index is 442. The van der Waals surface area contributed by atoms with Gasteiger partial charge in [-0.25, -0.2) is 0 Å². The molecular formula is C15H17N. The molecule has 1 aromatic carbocycles. The molecule has 0 radical (unpaired) electrons. The van der Waals surface area contributed by atoms with Crippen LogP contribution in [0.1, 0.15) is 12.5 Å². The van der Waals surface area contributed by atoms with Gasteiger partial charge in [-0.15, -0.1) is 0 Å². The number of rotatable bonds is 1. The first kappa shape index (κ1) is 9.86. The molecule has 82 valence electrons. The second kappa shape index (κ2) is 3.91. The third-order valence-electron chi connectivity index (χ3n) is 3.71. The summed E-state index contributed by atoms with van der Waals surface area (Å²) in [5, 5.41) is 0. The summed E-state index contributed by atoms with van der Waals surface area (Å²) in [5.41, 5.74) is 4.44. The zero-order valence-corrected chi connectivity index (χ0v) is 9.69. The lowest BCUT2D eigenvalue weighted by atomic mass is 9.82. The Kier molecular flexibility index (Phi) is 2.41. The highest BCUT2D eigenvalue weighted by molar-refractivity contribution is 5.71. The Morgan fingerprint density at radius 2 is 1.81 bits per heavy atom. The molecule has 2 bridgehead atoms.